The highest BCUT2D eigenvalue weighted by Gasteiger charge is 2.28. The molecule has 0 aliphatic heterocycles. The molecule has 0 aliphatic carbocycles. The van der Waals surface area contributed by atoms with Crippen LogP contribution < -0.4 is 10.6 Å². The molecule has 2 N–H and O–H groups in total. The van der Waals surface area contributed by atoms with Gasteiger partial charge in [0.05, 0.1) is 40.3 Å². The minimum Gasteiger partial charge on any atom is -0.465 e. The number of amides is 2. The highest BCUT2D eigenvalue weighted by molar-refractivity contribution is 7.19. The normalized spacial score (nSPS) is 10.4. The number of carbonyl (C=O) groups excluding carboxylic acids is 4. The van der Waals surface area contributed by atoms with Crippen LogP contribution in [0.1, 0.15) is 53.2 Å². The zero-order valence-electron chi connectivity index (χ0n) is 19.7. The van der Waals surface area contributed by atoms with Gasteiger partial charge in [0.2, 0.25) is 0 Å². The molecule has 0 bridgehead atoms. The number of methoxy groups -OCH3 is 1. The number of halogens is 1. The molecule has 0 saturated carbocycles. The van der Waals surface area contributed by atoms with Crippen molar-refractivity contribution in [2.75, 3.05) is 24.4 Å². The van der Waals surface area contributed by atoms with Crippen LogP contribution in [-0.4, -0.2) is 42.4 Å². The second-order valence-electron chi connectivity index (χ2n) is 7.35. The van der Waals surface area contributed by atoms with E-state index in [0.717, 1.165) is 17.4 Å². The van der Waals surface area contributed by atoms with Crippen molar-refractivity contribution >= 4 is 63.1 Å². The lowest BCUT2D eigenvalue weighted by molar-refractivity contribution is -0.384. The fraction of sp³-hybridized carbons (Fsp3) is 0.167. The highest BCUT2D eigenvalue weighted by Crippen LogP contribution is 2.35. The van der Waals surface area contributed by atoms with Crippen molar-refractivity contribution < 1.29 is 33.6 Å². The Morgan fingerprint density at radius 1 is 1.05 bits per heavy atom. The molecule has 0 saturated heterocycles. The number of para-hydroxylation sites is 1. The van der Waals surface area contributed by atoms with Crippen LogP contribution in [0.3, 0.4) is 0 Å². The molecule has 0 aliphatic rings. The first-order valence-electron chi connectivity index (χ1n) is 10.6. The van der Waals surface area contributed by atoms with Crippen molar-refractivity contribution in [1.29, 1.82) is 0 Å². The molecule has 13 heteroatoms. The molecule has 1 aromatic heterocycles. The number of hydrogen-bond donors (Lipinski definition) is 2. The van der Waals surface area contributed by atoms with Gasteiger partial charge in [-0.2, -0.15) is 0 Å². The maximum Gasteiger partial charge on any atom is 0.341 e. The maximum atomic E-state index is 13.1. The average Bonchev–Trinajstić information content (AvgIpc) is 3.19. The van der Waals surface area contributed by atoms with Gasteiger partial charge in [-0.3, -0.25) is 19.7 Å². The van der Waals surface area contributed by atoms with Gasteiger partial charge in [-0.15, -0.1) is 11.3 Å². The Hall–Kier alpha value is -4.29. The zero-order valence-corrected chi connectivity index (χ0v) is 21.3. The van der Waals surface area contributed by atoms with Crippen LogP contribution in [0.2, 0.25) is 5.02 Å². The molecular weight excluding hydrogens is 526 g/mol. The van der Waals surface area contributed by atoms with Gasteiger partial charge >= 0.3 is 11.9 Å². The number of nitrogens with zero attached hydrogens (tertiary/aromatic N) is 1. The van der Waals surface area contributed by atoms with E-state index in [1.54, 1.807) is 19.1 Å². The number of rotatable bonds is 8. The third-order valence-electron chi connectivity index (χ3n) is 5.05. The van der Waals surface area contributed by atoms with E-state index < -0.39 is 34.4 Å². The Bertz CT molecular complexity index is 1420. The minimum absolute atomic E-state index is 0.00459. The molecule has 11 nitrogen and oxygen atoms in total. The Morgan fingerprint density at radius 3 is 2.41 bits per heavy atom. The summed E-state index contributed by atoms with van der Waals surface area (Å²) in [6.45, 7) is 3.15. The monoisotopic (exact) mass is 545 g/mol. The van der Waals surface area contributed by atoms with Gasteiger partial charge in [0.25, 0.3) is 17.5 Å². The summed E-state index contributed by atoms with van der Waals surface area (Å²) >= 11 is 6.62. The summed E-state index contributed by atoms with van der Waals surface area (Å²) in [5.41, 5.74) is -0.0644. The van der Waals surface area contributed by atoms with E-state index in [1.807, 2.05) is 0 Å². The first-order chi connectivity index (χ1) is 17.6. The molecule has 37 heavy (non-hydrogen) atoms. The first kappa shape index (κ1) is 27.3. The number of esters is 2. The lowest BCUT2D eigenvalue weighted by Gasteiger charge is -2.09. The van der Waals surface area contributed by atoms with Gasteiger partial charge in [-0.25, -0.2) is 9.59 Å². The minimum atomic E-state index is -0.775. The van der Waals surface area contributed by atoms with Crippen molar-refractivity contribution in [2.45, 2.75) is 13.8 Å². The Morgan fingerprint density at radius 2 is 1.76 bits per heavy atom. The van der Waals surface area contributed by atoms with Gasteiger partial charge in [0.15, 0.2) is 0 Å². The van der Waals surface area contributed by atoms with Crippen LogP contribution >= 0.6 is 22.9 Å². The lowest BCUT2D eigenvalue weighted by atomic mass is 10.1. The molecule has 1 heterocycles. The summed E-state index contributed by atoms with van der Waals surface area (Å²) in [5, 5.41) is 16.2. The van der Waals surface area contributed by atoms with Crippen molar-refractivity contribution in [3.05, 3.63) is 84.7 Å². The van der Waals surface area contributed by atoms with Gasteiger partial charge in [-0.05, 0) is 43.7 Å². The molecule has 2 amide bonds. The average molecular weight is 546 g/mol. The van der Waals surface area contributed by atoms with Crippen LogP contribution in [0.5, 0.6) is 0 Å². The number of anilines is 2. The maximum absolute atomic E-state index is 13.1. The van der Waals surface area contributed by atoms with E-state index in [2.05, 4.69) is 10.6 Å². The summed E-state index contributed by atoms with van der Waals surface area (Å²) in [6.07, 6.45) is 0. The molecule has 0 fully saturated rings. The SMILES string of the molecule is CCOC(=O)c1c(NC(=O)c2ccc(Cl)c([N+](=O)[O-])c2)sc(C(=O)Nc2ccccc2C(=O)OC)c1C. The Balaban J connectivity index is 1.99. The molecule has 3 aromatic rings. The first-order valence-corrected chi connectivity index (χ1v) is 11.8. The third kappa shape index (κ3) is 5.93. The van der Waals surface area contributed by atoms with Crippen LogP contribution in [0.4, 0.5) is 16.4 Å². The second-order valence-corrected chi connectivity index (χ2v) is 8.78. The molecule has 0 unspecified atom stereocenters. The third-order valence-corrected chi connectivity index (χ3v) is 6.57. The molecular formula is C24H20ClN3O8S. The molecule has 3 rings (SSSR count). The standard InChI is InChI=1S/C24H20ClN3O8S/c1-4-36-24(32)18-12(2)19(21(30)26-16-8-6-5-7-14(16)23(31)35-3)37-22(18)27-20(29)13-9-10-15(25)17(11-13)28(33)34/h5-11H,4H2,1-3H3,(H,26,30)(H,27,29). The van der Waals surface area contributed by atoms with Crippen molar-refractivity contribution in [2.24, 2.45) is 0 Å². The Kier molecular flexibility index (Phi) is 8.58. The quantitative estimate of drug-likeness (QED) is 0.225. The van der Waals surface area contributed by atoms with Gasteiger partial charge in [-0.1, -0.05) is 23.7 Å². The van der Waals surface area contributed by atoms with Gasteiger partial charge < -0.3 is 20.1 Å². The summed E-state index contributed by atoms with van der Waals surface area (Å²) in [5.74, 6) is -2.85. The van der Waals surface area contributed by atoms with Gasteiger partial charge in [0.1, 0.15) is 10.0 Å². The van der Waals surface area contributed by atoms with Crippen LogP contribution in [-0.2, 0) is 9.47 Å². The Labute approximate surface area is 219 Å². The van der Waals surface area contributed by atoms with E-state index in [9.17, 15) is 29.3 Å². The topological polar surface area (TPSA) is 154 Å². The molecule has 2 aromatic carbocycles. The highest BCUT2D eigenvalue weighted by atomic mass is 35.5. The predicted molar refractivity (Wildman–Crippen MR) is 137 cm³/mol. The fourth-order valence-electron chi connectivity index (χ4n) is 3.30. The van der Waals surface area contributed by atoms with Crippen molar-refractivity contribution in [1.82, 2.24) is 0 Å². The van der Waals surface area contributed by atoms with Gasteiger partial charge in [0, 0.05) is 11.6 Å². The van der Waals surface area contributed by atoms with Crippen LogP contribution in [0, 0.1) is 17.0 Å². The number of carbonyl (C=O) groups is 4. The number of nitrogens with one attached hydrogen (secondary N) is 2. The second kappa shape index (κ2) is 11.6. The number of ether oxygens (including phenoxy) is 2. The smallest absolute Gasteiger partial charge is 0.341 e. The molecule has 0 radical (unpaired) electrons. The molecule has 192 valence electrons. The summed E-state index contributed by atoms with van der Waals surface area (Å²) in [7, 11) is 1.21. The van der Waals surface area contributed by atoms with Crippen molar-refractivity contribution in [3.63, 3.8) is 0 Å². The fourth-order valence-corrected chi connectivity index (χ4v) is 4.57. The van der Waals surface area contributed by atoms with E-state index in [-0.39, 0.29) is 49.4 Å². The van der Waals surface area contributed by atoms with E-state index in [4.69, 9.17) is 21.1 Å². The lowest BCUT2D eigenvalue weighted by Crippen LogP contribution is -2.16. The summed E-state index contributed by atoms with van der Waals surface area (Å²) in [4.78, 5) is 61.3. The number of thiophene rings is 1. The number of nitro benzene ring substituents is 1. The van der Waals surface area contributed by atoms with E-state index >= 15 is 0 Å². The predicted octanol–water partition coefficient (Wildman–Crippen LogP) is 5.09. The zero-order chi connectivity index (χ0) is 27.3. The number of benzene rings is 2. The number of nitro groups is 1. The summed E-state index contributed by atoms with van der Waals surface area (Å²) in [6, 6.07) is 9.69. The summed E-state index contributed by atoms with van der Waals surface area (Å²) < 4.78 is 9.84. The van der Waals surface area contributed by atoms with E-state index in [1.165, 1.54) is 38.3 Å². The van der Waals surface area contributed by atoms with Crippen LogP contribution in [0.15, 0.2) is 42.5 Å². The largest absolute Gasteiger partial charge is 0.465 e. The van der Waals surface area contributed by atoms with Crippen molar-refractivity contribution in [3.8, 4) is 0 Å². The van der Waals surface area contributed by atoms with Crippen LogP contribution in [0.25, 0.3) is 0 Å². The molecule has 0 spiro atoms. The molecule has 0 atom stereocenters. The number of hydrogen-bond acceptors (Lipinski definition) is 9. The van der Waals surface area contributed by atoms with E-state index in [0.29, 0.717) is 0 Å².